The van der Waals surface area contributed by atoms with Crippen molar-refractivity contribution in [2.45, 2.75) is 32.7 Å². The van der Waals surface area contributed by atoms with Gasteiger partial charge in [0.1, 0.15) is 5.69 Å². The lowest BCUT2D eigenvalue weighted by Crippen LogP contribution is -2.44. The zero-order chi connectivity index (χ0) is 14.9. The predicted octanol–water partition coefficient (Wildman–Crippen LogP) is 0.810. The van der Waals surface area contributed by atoms with Gasteiger partial charge in [0.25, 0.3) is 5.56 Å². The minimum absolute atomic E-state index is 0.294. The number of nitrogens with zero attached hydrogens (tertiary/aromatic N) is 3. The van der Waals surface area contributed by atoms with E-state index in [0.717, 1.165) is 17.4 Å². The van der Waals surface area contributed by atoms with Crippen LogP contribution in [0.15, 0.2) is 26.9 Å². The molecule has 1 aromatic rings. The molecule has 0 saturated heterocycles. The summed E-state index contributed by atoms with van der Waals surface area (Å²) in [5.74, 6) is 0.294. The van der Waals surface area contributed by atoms with E-state index in [1.165, 1.54) is 14.2 Å². The Morgan fingerprint density at radius 3 is 2.70 bits per heavy atom. The Balaban J connectivity index is 2.78. The summed E-state index contributed by atoms with van der Waals surface area (Å²) in [5, 5.41) is 0. The van der Waals surface area contributed by atoms with Gasteiger partial charge in [0.15, 0.2) is 0 Å². The standard InChI is InChI=1S/C14H19N3O3/c1-5-6-7-17-11-10(13(18)16(3)14(17)19)8-9(2)15-12(11)20-4/h2,5-8H2,1,3-4H3. The number of aromatic nitrogens is 2. The van der Waals surface area contributed by atoms with Crippen LogP contribution in [0.1, 0.15) is 31.0 Å². The number of unbranched alkanes of at least 4 members (excludes halogenated alkanes) is 1. The van der Waals surface area contributed by atoms with E-state index in [-0.39, 0.29) is 11.2 Å². The summed E-state index contributed by atoms with van der Waals surface area (Å²) < 4.78 is 7.96. The minimum atomic E-state index is -0.334. The van der Waals surface area contributed by atoms with Crippen LogP contribution < -0.4 is 11.2 Å². The fourth-order valence-electron chi connectivity index (χ4n) is 2.34. The van der Waals surface area contributed by atoms with Crippen LogP contribution in [-0.4, -0.2) is 22.1 Å². The number of hydrogen-bond donors (Lipinski definition) is 0. The van der Waals surface area contributed by atoms with Gasteiger partial charge in [0, 0.05) is 25.7 Å². The number of aliphatic imine (C=N–C) groups is 1. The summed E-state index contributed by atoms with van der Waals surface area (Å²) in [6.45, 7) is 6.38. The van der Waals surface area contributed by atoms with Crippen LogP contribution in [0.25, 0.3) is 0 Å². The fraction of sp³-hybridized carbons (Fsp3) is 0.500. The van der Waals surface area contributed by atoms with Crippen molar-refractivity contribution < 1.29 is 4.74 Å². The highest BCUT2D eigenvalue weighted by molar-refractivity contribution is 5.95. The molecule has 0 amide bonds. The smallest absolute Gasteiger partial charge is 0.331 e. The number of fused-ring (bicyclic) bond motifs is 1. The summed E-state index contributed by atoms with van der Waals surface area (Å²) in [7, 11) is 2.97. The molecule has 0 bridgehead atoms. The quantitative estimate of drug-likeness (QED) is 0.821. The molecule has 0 radical (unpaired) electrons. The van der Waals surface area contributed by atoms with Crippen molar-refractivity contribution in [1.29, 1.82) is 0 Å². The maximum atomic E-state index is 12.3. The summed E-state index contributed by atoms with van der Waals surface area (Å²) in [5.41, 5.74) is 0.955. The molecule has 2 heterocycles. The van der Waals surface area contributed by atoms with Crippen LogP contribution in [0.2, 0.25) is 0 Å². The highest BCUT2D eigenvalue weighted by atomic mass is 16.5. The van der Waals surface area contributed by atoms with Crippen molar-refractivity contribution >= 4 is 5.90 Å². The van der Waals surface area contributed by atoms with E-state index < -0.39 is 0 Å². The van der Waals surface area contributed by atoms with Gasteiger partial charge in [-0.05, 0) is 6.42 Å². The van der Waals surface area contributed by atoms with Crippen molar-refractivity contribution in [3.8, 4) is 0 Å². The monoisotopic (exact) mass is 277 g/mol. The van der Waals surface area contributed by atoms with E-state index in [9.17, 15) is 9.59 Å². The Hall–Kier alpha value is -2.11. The van der Waals surface area contributed by atoms with E-state index in [1.807, 2.05) is 6.92 Å². The molecule has 0 aromatic carbocycles. The zero-order valence-corrected chi connectivity index (χ0v) is 12.1. The number of allylic oxidation sites excluding steroid dienone is 1. The van der Waals surface area contributed by atoms with Gasteiger partial charge in [-0.3, -0.25) is 13.9 Å². The molecule has 0 atom stereocenters. The molecule has 1 aromatic heterocycles. The zero-order valence-electron chi connectivity index (χ0n) is 12.1. The second-order valence-corrected chi connectivity index (χ2v) is 4.84. The molecule has 0 fully saturated rings. The van der Waals surface area contributed by atoms with Gasteiger partial charge in [-0.2, -0.15) is 0 Å². The molecular formula is C14H19N3O3. The topological polar surface area (TPSA) is 65.6 Å². The fourth-order valence-corrected chi connectivity index (χ4v) is 2.34. The van der Waals surface area contributed by atoms with Gasteiger partial charge in [0.05, 0.1) is 12.7 Å². The van der Waals surface area contributed by atoms with Gasteiger partial charge in [-0.1, -0.05) is 19.9 Å². The molecule has 0 aliphatic carbocycles. The molecule has 108 valence electrons. The van der Waals surface area contributed by atoms with Crippen LogP contribution in [0, 0.1) is 0 Å². The van der Waals surface area contributed by atoms with Gasteiger partial charge >= 0.3 is 5.69 Å². The van der Waals surface area contributed by atoms with E-state index in [2.05, 4.69) is 11.6 Å². The summed E-state index contributed by atoms with van der Waals surface area (Å²) in [6, 6.07) is 0. The number of hydrogen-bond acceptors (Lipinski definition) is 4. The van der Waals surface area contributed by atoms with E-state index >= 15 is 0 Å². The van der Waals surface area contributed by atoms with Crippen LogP contribution in [0.3, 0.4) is 0 Å². The normalized spacial score (nSPS) is 13.9. The molecule has 6 heteroatoms. The molecule has 1 aliphatic heterocycles. The third-order valence-electron chi connectivity index (χ3n) is 3.41. The second kappa shape index (κ2) is 5.48. The second-order valence-electron chi connectivity index (χ2n) is 4.84. The van der Waals surface area contributed by atoms with Crippen molar-refractivity contribution in [2.24, 2.45) is 12.0 Å². The molecule has 0 spiro atoms. The molecule has 0 saturated carbocycles. The Bertz CT molecular complexity index is 695. The molecule has 6 nitrogen and oxygen atoms in total. The number of rotatable bonds is 3. The maximum absolute atomic E-state index is 12.3. The lowest BCUT2D eigenvalue weighted by atomic mass is 10.1. The maximum Gasteiger partial charge on any atom is 0.331 e. The summed E-state index contributed by atoms with van der Waals surface area (Å²) in [6.07, 6.45) is 2.15. The van der Waals surface area contributed by atoms with Gasteiger partial charge < -0.3 is 4.74 Å². The first-order valence-corrected chi connectivity index (χ1v) is 6.64. The van der Waals surface area contributed by atoms with E-state index in [4.69, 9.17) is 4.74 Å². The average molecular weight is 277 g/mol. The van der Waals surface area contributed by atoms with Gasteiger partial charge in [-0.15, -0.1) is 0 Å². The average Bonchev–Trinajstić information content (AvgIpc) is 2.44. The molecule has 20 heavy (non-hydrogen) atoms. The van der Waals surface area contributed by atoms with E-state index in [0.29, 0.717) is 35.8 Å². The van der Waals surface area contributed by atoms with Gasteiger partial charge in [-0.25, -0.2) is 9.79 Å². The Labute approximate surface area is 117 Å². The van der Waals surface area contributed by atoms with Crippen LogP contribution in [0.5, 0.6) is 0 Å². The molecule has 0 N–H and O–H groups in total. The lowest BCUT2D eigenvalue weighted by molar-refractivity contribution is 0.394. The molecular weight excluding hydrogens is 258 g/mol. The Kier molecular flexibility index (Phi) is 3.92. The highest BCUT2D eigenvalue weighted by Crippen LogP contribution is 2.18. The van der Waals surface area contributed by atoms with Crippen LogP contribution in [0.4, 0.5) is 0 Å². The van der Waals surface area contributed by atoms with Crippen molar-refractivity contribution in [3.63, 3.8) is 0 Å². The Morgan fingerprint density at radius 1 is 1.40 bits per heavy atom. The minimum Gasteiger partial charge on any atom is -0.479 e. The summed E-state index contributed by atoms with van der Waals surface area (Å²) in [4.78, 5) is 28.8. The summed E-state index contributed by atoms with van der Waals surface area (Å²) >= 11 is 0. The number of methoxy groups -OCH3 is 1. The highest BCUT2D eigenvalue weighted by Gasteiger charge is 2.26. The first-order valence-electron chi connectivity index (χ1n) is 6.64. The number of ether oxygens (including phenoxy) is 1. The SMILES string of the molecule is C=C1Cc2c(n(CCCC)c(=O)n(C)c2=O)C(OC)=N1. The van der Waals surface area contributed by atoms with Crippen molar-refractivity contribution in [1.82, 2.24) is 9.13 Å². The first kappa shape index (κ1) is 14.3. The van der Waals surface area contributed by atoms with Gasteiger partial charge in [0.2, 0.25) is 5.90 Å². The van der Waals surface area contributed by atoms with Crippen molar-refractivity contribution in [3.05, 3.63) is 44.4 Å². The molecule has 1 aliphatic rings. The van der Waals surface area contributed by atoms with Crippen LogP contribution >= 0.6 is 0 Å². The lowest BCUT2D eigenvalue weighted by Gasteiger charge is -2.21. The Morgan fingerprint density at radius 2 is 2.10 bits per heavy atom. The first-order chi connectivity index (χ1) is 9.51. The molecule has 0 unspecified atom stereocenters. The third-order valence-corrected chi connectivity index (χ3v) is 3.41. The van der Waals surface area contributed by atoms with Crippen molar-refractivity contribution in [2.75, 3.05) is 7.11 Å². The largest absolute Gasteiger partial charge is 0.479 e. The third kappa shape index (κ3) is 2.21. The van der Waals surface area contributed by atoms with Crippen LogP contribution in [-0.2, 0) is 24.8 Å². The predicted molar refractivity (Wildman–Crippen MR) is 77.2 cm³/mol. The van der Waals surface area contributed by atoms with E-state index in [1.54, 1.807) is 4.57 Å². The molecule has 2 rings (SSSR count).